The van der Waals surface area contributed by atoms with Crippen LogP contribution in [-0.2, 0) is 6.54 Å². The number of rotatable bonds is 7. The van der Waals surface area contributed by atoms with Crippen LogP contribution >= 0.6 is 0 Å². The van der Waals surface area contributed by atoms with Crippen LogP contribution in [-0.4, -0.2) is 15.8 Å². The number of aromatic nitrogens is 2. The Hall–Kier alpha value is -0.990. The largest absolute Gasteiger partial charge is 0.367 e. The molecule has 16 heavy (non-hydrogen) atoms. The molecule has 1 unspecified atom stereocenters. The van der Waals surface area contributed by atoms with Gasteiger partial charge in [0.05, 0.1) is 6.20 Å². The first-order chi connectivity index (χ1) is 7.69. The molecule has 0 aromatic carbocycles. The van der Waals surface area contributed by atoms with Crippen LogP contribution in [0.3, 0.4) is 0 Å². The van der Waals surface area contributed by atoms with Crippen LogP contribution in [0.15, 0.2) is 12.3 Å². The maximum Gasteiger partial charge on any atom is 0.124 e. The Morgan fingerprint density at radius 2 is 2.12 bits per heavy atom. The Labute approximate surface area is 99.2 Å². The van der Waals surface area contributed by atoms with Gasteiger partial charge in [-0.25, -0.2) is 4.68 Å². The van der Waals surface area contributed by atoms with E-state index in [1.165, 1.54) is 12.8 Å². The minimum absolute atomic E-state index is 0.539. The van der Waals surface area contributed by atoms with E-state index in [2.05, 4.69) is 48.9 Å². The van der Waals surface area contributed by atoms with Crippen LogP contribution in [0, 0.1) is 5.92 Å². The van der Waals surface area contributed by atoms with E-state index < -0.39 is 0 Å². The zero-order valence-corrected chi connectivity index (χ0v) is 11.0. The zero-order valence-electron chi connectivity index (χ0n) is 11.0. The molecule has 92 valence electrons. The van der Waals surface area contributed by atoms with Gasteiger partial charge in [-0.2, -0.15) is 5.10 Å². The molecular formula is C13H25N3. The van der Waals surface area contributed by atoms with E-state index in [0.717, 1.165) is 18.8 Å². The molecule has 1 N–H and O–H groups in total. The quantitative estimate of drug-likeness (QED) is 0.766. The molecule has 1 heterocycles. The van der Waals surface area contributed by atoms with Crippen LogP contribution in [0.5, 0.6) is 0 Å². The Morgan fingerprint density at radius 3 is 2.69 bits per heavy atom. The summed E-state index contributed by atoms with van der Waals surface area (Å²) >= 11 is 0. The first kappa shape index (κ1) is 13.1. The van der Waals surface area contributed by atoms with Crippen molar-refractivity contribution in [1.82, 2.24) is 9.78 Å². The number of nitrogens with one attached hydrogen (secondary N) is 1. The fraction of sp³-hybridized carbons (Fsp3) is 0.769. The van der Waals surface area contributed by atoms with Crippen molar-refractivity contribution in [3.8, 4) is 0 Å². The fourth-order valence-electron chi connectivity index (χ4n) is 1.87. The highest BCUT2D eigenvalue weighted by atomic mass is 15.3. The topological polar surface area (TPSA) is 29.9 Å². The molecule has 0 aliphatic heterocycles. The zero-order chi connectivity index (χ0) is 12.0. The summed E-state index contributed by atoms with van der Waals surface area (Å²) in [5.41, 5.74) is 0. The van der Waals surface area contributed by atoms with Gasteiger partial charge in [-0.3, -0.25) is 0 Å². The van der Waals surface area contributed by atoms with Crippen LogP contribution in [0.4, 0.5) is 5.82 Å². The summed E-state index contributed by atoms with van der Waals surface area (Å²) in [6.45, 7) is 9.96. The van der Waals surface area contributed by atoms with Gasteiger partial charge in [0.2, 0.25) is 0 Å². The highest BCUT2D eigenvalue weighted by molar-refractivity contribution is 5.35. The molecular weight excluding hydrogens is 198 g/mol. The molecule has 0 radical (unpaired) electrons. The molecule has 1 atom stereocenters. The van der Waals surface area contributed by atoms with Gasteiger partial charge >= 0.3 is 0 Å². The lowest BCUT2D eigenvalue weighted by Gasteiger charge is -2.22. The first-order valence-electron chi connectivity index (χ1n) is 6.47. The summed E-state index contributed by atoms with van der Waals surface area (Å²) in [6, 6.07) is 2.61. The molecule has 1 aromatic heterocycles. The number of hydrogen-bond acceptors (Lipinski definition) is 2. The van der Waals surface area contributed by atoms with Crippen LogP contribution < -0.4 is 5.32 Å². The maximum atomic E-state index is 4.35. The highest BCUT2D eigenvalue weighted by Crippen LogP contribution is 2.15. The van der Waals surface area contributed by atoms with Crippen molar-refractivity contribution in [2.24, 2.45) is 5.92 Å². The van der Waals surface area contributed by atoms with Gasteiger partial charge in [0.1, 0.15) is 5.82 Å². The van der Waals surface area contributed by atoms with Crippen molar-refractivity contribution in [2.75, 3.05) is 5.32 Å². The predicted molar refractivity (Wildman–Crippen MR) is 69.7 cm³/mol. The standard InChI is InChI=1S/C13H25N3/c1-5-7-10-16-13(8-9-14-16)15-12(6-2)11(3)4/h8-9,11-12,15H,5-7,10H2,1-4H3. The summed E-state index contributed by atoms with van der Waals surface area (Å²) in [7, 11) is 0. The Bertz CT molecular complexity index is 291. The SMILES string of the molecule is CCCCn1nccc1NC(CC)C(C)C. The lowest BCUT2D eigenvalue weighted by molar-refractivity contribution is 0.499. The van der Waals surface area contributed by atoms with E-state index in [0.29, 0.717) is 12.0 Å². The summed E-state index contributed by atoms with van der Waals surface area (Å²) in [5, 5.41) is 7.94. The number of hydrogen-bond donors (Lipinski definition) is 1. The fourth-order valence-corrected chi connectivity index (χ4v) is 1.87. The molecule has 0 saturated heterocycles. The van der Waals surface area contributed by atoms with Gasteiger partial charge in [-0.05, 0) is 18.8 Å². The van der Waals surface area contributed by atoms with Gasteiger partial charge in [-0.1, -0.05) is 34.1 Å². The van der Waals surface area contributed by atoms with Gasteiger partial charge < -0.3 is 5.32 Å². The van der Waals surface area contributed by atoms with Crippen LogP contribution in [0.1, 0.15) is 47.0 Å². The third-order valence-electron chi connectivity index (χ3n) is 3.02. The van der Waals surface area contributed by atoms with E-state index in [1.54, 1.807) is 0 Å². The first-order valence-corrected chi connectivity index (χ1v) is 6.47. The van der Waals surface area contributed by atoms with Crippen molar-refractivity contribution in [3.05, 3.63) is 12.3 Å². The molecule has 0 spiro atoms. The molecule has 0 bridgehead atoms. The van der Waals surface area contributed by atoms with Gasteiger partial charge in [0.25, 0.3) is 0 Å². The average molecular weight is 223 g/mol. The number of nitrogens with zero attached hydrogens (tertiary/aromatic N) is 2. The molecule has 0 saturated carbocycles. The summed E-state index contributed by atoms with van der Waals surface area (Å²) in [6.07, 6.45) is 5.43. The van der Waals surface area contributed by atoms with Crippen molar-refractivity contribution >= 4 is 5.82 Å². The minimum atomic E-state index is 0.539. The molecule has 0 aliphatic carbocycles. The predicted octanol–water partition coefficient (Wildman–Crippen LogP) is 3.53. The van der Waals surface area contributed by atoms with Crippen LogP contribution in [0.2, 0.25) is 0 Å². The monoisotopic (exact) mass is 223 g/mol. The molecule has 0 fully saturated rings. The molecule has 3 heteroatoms. The second-order valence-corrected chi connectivity index (χ2v) is 4.70. The summed E-state index contributed by atoms with van der Waals surface area (Å²) in [4.78, 5) is 0. The van der Waals surface area contributed by atoms with Crippen molar-refractivity contribution in [1.29, 1.82) is 0 Å². The van der Waals surface area contributed by atoms with Crippen molar-refractivity contribution in [3.63, 3.8) is 0 Å². The average Bonchev–Trinajstić information content (AvgIpc) is 2.69. The number of anilines is 1. The van der Waals surface area contributed by atoms with Crippen LogP contribution in [0.25, 0.3) is 0 Å². The second kappa shape index (κ2) is 6.56. The van der Waals surface area contributed by atoms with Gasteiger partial charge in [-0.15, -0.1) is 0 Å². The smallest absolute Gasteiger partial charge is 0.124 e. The van der Waals surface area contributed by atoms with Crippen molar-refractivity contribution < 1.29 is 0 Å². The minimum Gasteiger partial charge on any atom is -0.367 e. The number of unbranched alkanes of at least 4 members (excludes halogenated alkanes) is 1. The molecule has 1 aromatic rings. The Kier molecular flexibility index (Phi) is 5.36. The summed E-state index contributed by atoms with van der Waals surface area (Å²) < 4.78 is 2.08. The number of aryl methyl sites for hydroxylation is 1. The Balaban J connectivity index is 2.61. The lowest BCUT2D eigenvalue weighted by Crippen LogP contribution is -2.26. The van der Waals surface area contributed by atoms with Gasteiger partial charge in [0, 0.05) is 18.7 Å². The van der Waals surface area contributed by atoms with E-state index in [-0.39, 0.29) is 0 Å². The molecule has 1 rings (SSSR count). The molecule has 0 amide bonds. The molecule has 0 aliphatic rings. The summed E-state index contributed by atoms with van der Waals surface area (Å²) in [5.74, 6) is 1.81. The second-order valence-electron chi connectivity index (χ2n) is 4.70. The van der Waals surface area contributed by atoms with Gasteiger partial charge in [0.15, 0.2) is 0 Å². The Morgan fingerprint density at radius 1 is 1.38 bits per heavy atom. The lowest BCUT2D eigenvalue weighted by atomic mass is 10.0. The van der Waals surface area contributed by atoms with Crippen molar-refractivity contribution in [2.45, 2.75) is 59.5 Å². The highest BCUT2D eigenvalue weighted by Gasteiger charge is 2.12. The van der Waals surface area contributed by atoms with E-state index in [4.69, 9.17) is 0 Å². The molecule has 3 nitrogen and oxygen atoms in total. The third kappa shape index (κ3) is 3.54. The third-order valence-corrected chi connectivity index (χ3v) is 3.02. The maximum absolute atomic E-state index is 4.35. The van der Waals surface area contributed by atoms with E-state index >= 15 is 0 Å². The normalized spacial score (nSPS) is 13.1. The van der Waals surface area contributed by atoms with E-state index in [1.807, 2.05) is 6.20 Å². The van der Waals surface area contributed by atoms with E-state index in [9.17, 15) is 0 Å².